The molecule has 4 heteroatoms. The molecule has 1 aliphatic rings. The van der Waals surface area contributed by atoms with Gasteiger partial charge in [-0.1, -0.05) is 44.2 Å². The molecule has 2 atom stereocenters. The molecule has 1 N–H and O–H groups in total. The average Bonchev–Trinajstić information content (AvgIpc) is 2.53. The Balaban J connectivity index is 2.15. The lowest BCUT2D eigenvalue weighted by Gasteiger charge is -2.36. The van der Waals surface area contributed by atoms with Crippen LogP contribution < -0.4 is 4.90 Å². The van der Waals surface area contributed by atoms with Crippen molar-refractivity contribution in [2.75, 3.05) is 18.0 Å². The van der Waals surface area contributed by atoms with E-state index in [1.165, 1.54) is 6.42 Å². The molecule has 0 amide bonds. The van der Waals surface area contributed by atoms with Crippen molar-refractivity contribution in [1.82, 2.24) is 4.98 Å². The van der Waals surface area contributed by atoms with Gasteiger partial charge in [-0.3, -0.25) is 0 Å². The summed E-state index contributed by atoms with van der Waals surface area (Å²) in [6, 6.07) is 11.6. The maximum atomic E-state index is 12.1. The molecule has 24 heavy (non-hydrogen) atoms. The third kappa shape index (κ3) is 3.28. The molecule has 1 aliphatic heterocycles. The number of hydrogen-bond acceptors (Lipinski definition) is 3. The number of aromatic nitrogens is 1. The number of nitrogens with zero attached hydrogens (tertiary/aromatic N) is 2. The zero-order valence-electron chi connectivity index (χ0n) is 14.5. The smallest absolute Gasteiger partial charge is 0.340 e. The summed E-state index contributed by atoms with van der Waals surface area (Å²) in [5, 5.41) is 9.89. The van der Waals surface area contributed by atoms with E-state index >= 15 is 0 Å². The van der Waals surface area contributed by atoms with Gasteiger partial charge in [0, 0.05) is 24.3 Å². The van der Waals surface area contributed by atoms with E-state index in [1.807, 2.05) is 43.3 Å². The number of aromatic carboxylic acids is 1. The van der Waals surface area contributed by atoms with E-state index in [0.29, 0.717) is 23.2 Å². The number of carboxylic acids is 1. The summed E-state index contributed by atoms with van der Waals surface area (Å²) in [6.07, 6.45) is 1.18. The van der Waals surface area contributed by atoms with Crippen LogP contribution in [0.2, 0.25) is 0 Å². The van der Waals surface area contributed by atoms with E-state index in [-0.39, 0.29) is 0 Å². The highest BCUT2D eigenvalue weighted by Crippen LogP contribution is 2.34. The minimum Gasteiger partial charge on any atom is -0.478 e. The van der Waals surface area contributed by atoms with Crippen molar-refractivity contribution in [3.05, 3.63) is 47.7 Å². The molecule has 2 aromatic rings. The highest BCUT2D eigenvalue weighted by atomic mass is 16.4. The predicted molar refractivity (Wildman–Crippen MR) is 96.5 cm³/mol. The van der Waals surface area contributed by atoms with Gasteiger partial charge in [-0.05, 0) is 36.8 Å². The molecule has 3 rings (SSSR count). The van der Waals surface area contributed by atoms with Crippen LogP contribution in [0.15, 0.2) is 36.4 Å². The van der Waals surface area contributed by atoms with Crippen LogP contribution in [0.3, 0.4) is 0 Å². The van der Waals surface area contributed by atoms with Gasteiger partial charge in [0.15, 0.2) is 0 Å². The summed E-state index contributed by atoms with van der Waals surface area (Å²) in [6.45, 7) is 8.08. The van der Waals surface area contributed by atoms with Gasteiger partial charge in [-0.25, -0.2) is 9.78 Å². The fourth-order valence-electron chi connectivity index (χ4n) is 3.78. The van der Waals surface area contributed by atoms with Gasteiger partial charge in [-0.15, -0.1) is 0 Å². The molecule has 2 heterocycles. The van der Waals surface area contributed by atoms with Crippen molar-refractivity contribution in [3.63, 3.8) is 0 Å². The Bertz CT molecular complexity index is 733. The molecule has 126 valence electrons. The third-order valence-corrected chi connectivity index (χ3v) is 4.60. The number of anilines is 1. The van der Waals surface area contributed by atoms with Crippen molar-refractivity contribution in [2.24, 2.45) is 11.8 Å². The van der Waals surface area contributed by atoms with Crippen LogP contribution in [0.5, 0.6) is 0 Å². The van der Waals surface area contributed by atoms with E-state index in [1.54, 1.807) is 0 Å². The maximum absolute atomic E-state index is 12.1. The van der Waals surface area contributed by atoms with Crippen molar-refractivity contribution >= 4 is 11.8 Å². The zero-order valence-corrected chi connectivity index (χ0v) is 14.5. The topological polar surface area (TPSA) is 53.4 Å². The molecule has 0 spiro atoms. The molecule has 0 bridgehead atoms. The average molecular weight is 324 g/mol. The van der Waals surface area contributed by atoms with Gasteiger partial charge in [0.2, 0.25) is 0 Å². The molecule has 0 saturated carbocycles. The van der Waals surface area contributed by atoms with Gasteiger partial charge in [0.05, 0.1) is 0 Å². The highest BCUT2D eigenvalue weighted by molar-refractivity contribution is 6.01. The fourth-order valence-corrected chi connectivity index (χ4v) is 3.78. The van der Waals surface area contributed by atoms with Gasteiger partial charge in [0.25, 0.3) is 0 Å². The van der Waals surface area contributed by atoms with Crippen LogP contribution in [-0.4, -0.2) is 29.1 Å². The third-order valence-electron chi connectivity index (χ3n) is 4.60. The van der Waals surface area contributed by atoms with E-state index in [4.69, 9.17) is 0 Å². The molecule has 1 fully saturated rings. The van der Waals surface area contributed by atoms with Crippen molar-refractivity contribution in [3.8, 4) is 11.1 Å². The monoisotopic (exact) mass is 324 g/mol. The first kappa shape index (κ1) is 16.5. The highest BCUT2D eigenvalue weighted by Gasteiger charge is 2.28. The molecule has 1 saturated heterocycles. The minimum atomic E-state index is -0.915. The van der Waals surface area contributed by atoms with E-state index in [2.05, 4.69) is 23.7 Å². The van der Waals surface area contributed by atoms with Gasteiger partial charge >= 0.3 is 5.97 Å². The number of piperidine rings is 1. The summed E-state index contributed by atoms with van der Waals surface area (Å²) in [5.74, 6) is 0.776. The summed E-state index contributed by atoms with van der Waals surface area (Å²) in [5.41, 5.74) is 2.82. The quantitative estimate of drug-likeness (QED) is 0.917. The Labute approximate surface area is 143 Å². The molecule has 1 aromatic heterocycles. The van der Waals surface area contributed by atoms with Crippen LogP contribution in [0, 0.1) is 18.8 Å². The summed E-state index contributed by atoms with van der Waals surface area (Å²) < 4.78 is 0. The summed E-state index contributed by atoms with van der Waals surface area (Å²) in [4.78, 5) is 18.8. The molecule has 2 unspecified atom stereocenters. The molecular weight excluding hydrogens is 300 g/mol. The first-order valence-electron chi connectivity index (χ1n) is 8.51. The van der Waals surface area contributed by atoms with Gasteiger partial charge in [0.1, 0.15) is 11.4 Å². The normalized spacial score (nSPS) is 20.9. The Morgan fingerprint density at radius 3 is 2.38 bits per heavy atom. The Kier molecular flexibility index (Phi) is 4.56. The molecule has 4 nitrogen and oxygen atoms in total. The number of pyridine rings is 1. The van der Waals surface area contributed by atoms with Crippen molar-refractivity contribution in [2.45, 2.75) is 27.2 Å². The summed E-state index contributed by atoms with van der Waals surface area (Å²) >= 11 is 0. The SMILES string of the molecule is Cc1cc(-c2ccccc2)c(C(=O)O)c(N2CC(C)CC(C)C2)n1. The number of rotatable bonds is 3. The number of carboxylic acid groups (broad SMARTS) is 1. The second-order valence-electron chi connectivity index (χ2n) is 7.03. The summed E-state index contributed by atoms with van der Waals surface area (Å²) in [7, 11) is 0. The van der Waals surface area contributed by atoms with Crippen LogP contribution in [-0.2, 0) is 0 Å². The standard InChI is InChI=1S/C20H24N2O2/c1-13-9-14(2)12-22(11-13)19-18(20(23)24)17(10-15(3)21-19)16-7-5-4-6-8-16/h4-8,10,13-14H,9,11-12H2,1-3H3,(H,23,24). The Hall–Kier alpha value is -2.36. The number of carbonyl (C=O) groups is 1. The second-order valence-corrected chi connectivity index (χ2v) is 7.03. The van der Waals surface area contributed by atoms with E-state index < -0.39 is 5.97 Å². The lowest BCUT2D eigenvalue weighted by molar-refractivity contribution is 0.0697. The molecule has 0 aliphatic carbocycles. The second kappa shape index (κ2) is 6.63. The lowest BCUT2D eigenvalue weighted by Crippen LogP contribution is -2.40. The Morgan fingerprint density at radius 2 is 1.79 bits per heavy atom. The fraction of sp³-hybridized carbons (Fsp3) is 0.400. The van der Waals surface area contributed by atoms with Gasteiger partial charge < -0.3 is 10.0 Å². The van der Waals surface area contributed by atoms with Crippen molar-refractivity contribution in [1.29, 1.82) is 0 Å². The molecule has 1 aromatic carbocycles. The lowest BCUT2D eigenvalue weighted by atomic mass is 9.91. The predicted octanol–water partition coefficient (Wildman–Crippen LogP) is 4.24. The molecular formula is C20H24N2O2. The maximum Gasteiger partial charge on any atom is 0.340 e. The first-order valence-corrected chi connectivity index (χ1v) is 8.51. The van der Waals surface area contributed by atoms with Crippen molar-refractivity contribution < 1.29 is 9.90 Å². The van der Waals surface area contributed by atoms with Crippen LogP contribution in [0.25, 0.3) is 11.1 Å². The zero-order chi connectivity index (χ0) is 17.3. The van der Waals surface area contributed by atoms with Crippen LogP contribution in [0.4, 0.5) is 5.82 Å². The minimum absolute atomic E-state index is 0.313. The number of hydrogen-bond donors (Lipinski definition) is 1. The molecule has 0 radical (unpaired) electrons. The van der Waals surface area contributed by atoms with Gasteiger partial charge in [-0.2, -0.15) is 0 Å². The van der Waals surface area contributed by atoms with E-state index in [0.717, 1.165) is 29.9 Å². The largest absolute Gasteiger partial charge is 0.478 e. The van der Waals surface area contributed by atoms with Crippen LogP contribution >= 0.6 is 0 Å². The first-order chi connectivity index (χ1) is 11.5. The Morgan fingerprint density at radius 1 is 1.17 bits per heavy atom. The van der Waals surface area contributed by atoms with Crippen LogP contribution in [0.1, 0.15) is 36.3 Å². The van der Waals surface area contributed by atoms with E-state index in [9.17, 15) is 9.90 Å². The number of benzene rings is 1. The number of aryl methyl sites for hydroxylation is 1.